The Hall–Kier alpha value is -3.22. The molecule has 13 nitrogen and oxygen atoms in total. The van der Waals surface area contributed by atoms with Crippen molar-refractivity contribution in [2.75, 3.05) is 62.2 Å². The molecule has 1 aromatic heterocycles. The van der Waals surface area contributed by atoms with Crippen molar-refractivity contribution in [3.8, 4) is 11.6 Å². The van der Waals surface area contributed by atoms with Crippen molar-refractivity contribution in [1.82, 2.24) is 14.5 Å². The highest BCUT2D eigenvalue weighted by atomic mass is 127. The monoisotopic (exact) mass is 1020 g/mol. The van der Waals surface area contributed by atoms with E-state index < -0.39 is 33.8 Å². The fourth-order valence-electron chi connectivity index (χ4n) is 9.78. The number of anilines is 1. The maximum atomic E-state index is 15.3. The number of fused-ring (bicyclic) bond motifs is 4. The summed E-state index contributed by atoms with van der Waals surface area (Å²) in [5, 5.41) is 4.95. The van der Waals surface area contributed by atoms with Gasteiger partial charge in [0.15, 0.2) is 0 Å². The van der Waals surface area contributed by atoms with E-state index in [1.54, 1.807) is 20.2 Å². The first-order valence-electron chi connectivity index (χ1n) is 22.4. The van der Waals surface area contributed by atoms with Gasteiger partial charge < -0.3 is 28.6 Å². The van der Waals surface area contributed by atoms with Crippen molar-refractivity contribution in [2.24, 2.45) is 29.2 Å². The number of hydrogen-bond acceptors (Lipinski definition) is 10. The Morgan fingerprint density at radius 3 is 2.70 bits per heavy atom. The summed E-state index contributed by atoms with van der Waals surface area (Å²) in [6.07, 6.45) is 13.6. The molecule has 0 radical (unpaired) electrons. The van der Waals surface area contributed by atoms with Gasteiger partial charge in [-0.1, -0.05) is 72.2 Å². The maximum Gasteiger partial charge on any atom is 0.286 e. The smallest absolute Gasteiger partial charge is 0.286 e. The van der Waals surface area contributed by atoms with Gasteiger partial charge in [0.25, 0.3) is 11.8 Å². The molecular weight excluding hydrogens is 957 g/mol. The van der Waals surface area contributed by atoms with E-state index >= 15 is 4.21 Å². The van der Waals surface area contributed by atoms with Crippen LogP contribution in [0.2, 0.25) is 5.02 Å². The number of amides is 2. The number of aromatic nitrogens is 2. The molecule has 1 spiro atoms. The summed E-state index contributed by atoms with van der Waals surface area (Å²) in [6.45, 7) is 7.26. The lowest BCUT2D eigenvalue weighted by Crippen LogP contribution is -2.49. The van der Waals surface area contributed by atoms with Crippen LogP contribution in [-0.2, 0) is 43.0 Å². The van der Waals surface area contributed by atoms with Crippen LogP contribution in [0, 0.1) is 17.8 Å². The molecule has 2 aliphatic heterocycles. The molecule has 2 aliphatic carbocycles. The Morgan fingerprint density at radius 2 is 1.95 bits per heavy atom. The molecule has 1 fully saturated rings. The number of hydrogen-bond donors (Lipinski definition) is 1. The molecule has 1 N–H and O–H groups in total. The third-order valence-electron chi connectivity index (χ3n) is 13.2. The highest BCUT2D eigenvalue weighted by Crippen LogP contribution is 2.47. The summed E-state index contributed by atoms with van der Waals surface area (Å²) in [5.41, 5.74) is 3.30. The first-order chi connectivity index (χ1) is 30.4. The number of rotatable bonds is 14. The summed E-state index contributed by atoms with van der Waals surface area (Å²) in [6, 6.07) is 11.5. The molecule has 2 amide bonds. The Bertz CT molecular complexity index is 2250. The number of carbonyl (C=O) groups excluding carboxylic acids is 2. The van der Waals surface area contributed by atoms with Crippen LogP contribution in [0.1, 0.15) is 97.1 Å². The Balaban J connectivity index is 1.29. The van der Waals surface area contributed by atoms with Crippen molar-refractivity contribution in [3.63, 3.8) is 0 Å². The fraction of sp³-hybridized carbons (Fsp3) is 0.596. The minimum atomic E-state index is -3.79. The van der Waals surface area contributed by atoms with E-state index in [1.807, 2.05) is 38.1 Å². The number of nitrogens with one attached hydrogen (secondary N) is 1. The average Bonchev–Trinajstić information content (AvgIpc) is 3.58. The largest absolute Gasteiger partial charge is 0.490 e. The lowest BCUT2D eigenvalue weighted by atomic mass is 9.68. The molecule has 7 rings (SSSR count). The normalized spacial score (nSPS) is 28.1. The second kappa shape index (κ2) is 21.4. The van der Waals surface area contributed by atoms with E-state index in [1.165, 1.54) is 29.1 Å². The lowest BCUT2D eigenvalue weighted by molar-refractivity contribution is -0.00484. The molecule has 344 valence electrons. The van der Waals surface area contributed by atoms with Gasteiger partial charge in [0.05, 0.1) is 43.5 Å². The highest BCUT2D eigenvalue weighted by molar-refractivity contribution is 14.1. The minimum absolute atomic E-state index is 0.0630. The number of carbonyl (C=O) groups is 2. The Kier molecular flexibility index (Phi) is 16.2. The molecule has 1 saturated carbocycles. The summed E-state index contributed by atoms with van der Waals surface area (Å²) >= 11 is 8.89. The number of alkyl halides is 1. The molecule has 3 aromatic rings. The van der Waals surface area contributed by atoms with Crippen LogP contribution in [0.15, 0.2) is 59.1 Å². The van der Waals surface area contributed by atoms with Crippen LogP contribution >= 0.6 is 34.2 Å². The van der Waals surface area contributed by atoms with Crippen molar-refractivity contribution in [2.45, 2.75) is 95.4 Å². The Labute approximate surface area is 391 Å². The predicted molar refractivity (Wildman–Crippen MR) is 255 cm³/mol. The molecule has 1 unspecified atom stereocenters. The zero-order chi connectivity index (χ0) is 44.7. The van der Waals surface area contributed by atoms with Gasteiger partial charge in [0.1, 0.15) is 21.2 Å². The van der Waals surface area contributed by atoms with Crippen LogP contribution in [0.5, 0.6) is 11.6 Å². The number of nitrogens with zero attached hydrogens (tertiary/aromatic N) is 4. The van der Waals surface area contributed by atoms with E-state index in [0.29, 0.717) is 31.4 Å². The topological polar surface area (TPSA) is 143 Å². The number of benzene rings is 2. The van der Waals surface area contributed by atoms with Crippen LogP contribution < -0.4 is 19.1 Å². The molecule has 16 heteroatoms. The molecule has 2 bridgehead atoms. The maximum absolute atomic E-state index is 15.3. The zero-order valence-corrected chi connectivity index (χ0v) is 40.9. The van der Waals surface area contributed by atoms with Crippen molar-refractivity contribution in [3.05, 3.63) is 82.0 Å². The van der Waals surface area contributed by atoms with Crippen LogP contribution in [-0.4, -0.2) is 101 Å². The van der Waals surface area contributed by atoms with Gasteiger partial charge in [-0.25, -0.2) is 4.21 Å². The lowest BCUT2D eigenvalue weighted by Gasteiger charge is -2.46. The van der Waals surface area contributed by atoms with E-state index in [-0.39, 0.29) is 46.3 Å². The third-order valence-corrected chi connectivity index (χ3v) is 16.4. The van der Waals surface area contributed by atoms with E-state index in [4.69, 9.17) is 35.3 Å². The van der Waals surface area contributed by atoms with Crippen LogP contribution in [0.25, 0.3) is 0 Å². The summed E-state index contributed by atoms with van der Waals surface area (Å²) in [7, 11) is 1.04. The summed E-state index contributed by atoms with van der Waals surface area (Å²) in [4.78, 5) is 30.8. The minimum Gasteiger partial charge on any atom is -0.490 e. The van der Waals surface area contributed by atoms with Gasteiger partial charge in [0, 0.05) is 73.0 Å². The van der Waals surface area contributed by atoms with Gasteiger partial charge >= 0.3 is 0 Å². The van der Waals surface area contributed by atoms with Gasteiger partial charge in [-0.15, -0.1) is 9.46 Å². The van der Waals surface area contributed by atoms with Crippen LogP contribution in [0.4, 0.5) is 5.69 Å². The second-order valence-corrected chi connectivity index (χ2v) is 21.0. The SMILES string of the molecule is CCOCCCCCC(CI)O[C@H]1/C=C/[C@H](OC)[C@@H]2CC[C@H]2CN2C[C@@]3(CCCc4cc(Cl)ccc43)COc3ccc(cc32)C(=O)N=[S@](=O)(NC(=O)c2cn(C)nc2OC)C[C@H]1C. The molecule has 2 aromatic carbocycles. The molecular formula is C47H63ClIN5O8S. The fourth-order valence-corrected chi connectivity index (χ4v) is 12.5. The van der Waals surface area contributed by atoms with E-state index in [0.717, 1.165) is 86.1 Å². The van der Waals surface area contributed by atoms with Crippen molar-refractivity contribution in [1.29, 1.82) is 0 Å². The molecule has 63 heavy (non-hydrogen) atoms. The summed E-state index contributed by atoms with van der Waals surface area (Å²) < 4.78 is 55.4. The van der Waals surface area contributed by atoms with E-state index in [9.17, 15) is 9.59 Å². The van der Waals surface area contributed by atoms with Gasteiger partial charge in [-0.2, -0.15) is 0 Å². The average molecular weight is 1020 g/mol. The van der Waals surface area contributed by atoms with Crippen molar-refractivity contribution >= 4 is 61.6 Å². The number of unbranched alkanes of at least 4 members (excludes halogenated alkanes) is 2. The molecule has 4 aliphatic rings. The molecule has 3 heterocycles. The van der Waals surface area contributed by atoms with Gasteiger partial charge in [-0.3, -0.25) is 19.0 Å². The first kappa shape index (κ1) is 47.7. The van der Waals surface area contributed by atoms with Crippen LogP contribution in [0.3, 0.4) is 0 Å². The summed E-state index contributed by atoms with van der Waals surface area (Å²) in [5.74, 6) is -0.759. The standard InChI is InChI=1S/C47H63ClIN5O8S/c1-6-60-22-9-7-8-12-36(25-49)62-41-19-20-42(58-4)37-16-13-34(37)26-54-29-47(21-10-11-32-23-35(48)15-17-39(32)47)30-61-43-18-14-33(24-40(43)54)44(55)51-63(57,28-31(41)2)52-45(56)38-27-53(3)50-46(38)59-5/h14-15,17-20,23-24,27,31,34,36-37,41-42H,6-13,16,21-22,25-26,28-30H2,1-5H3,(H,51,52,55,56,57)/b20-19+/t31-,34+,36?,37-,41+,42+,47+,63+/m1/s1. The second-order valence-electron chi connectivity index (χ2n) is 17.6. The van der Waals surface area contributed by atoms with E-state index in [2.05, 4.69) is 59.9 Å². The Morgan fingerprint density at radius 1 is 1.13 bits per heavy atom. The number of aryl methyl sites for hydroxylation is 2. The molecule has 8 atom stereocenters. The zero-order valence-electron chi connectivity index (χ0n) is 37.2. The molecule has 0 saturated heterocycles. The predicted octanol–water partition coefficient (Wildman–Crippen LogP) is 8.54. The van der Waals surface area contributed by atoms with Gasteiger partial charge in [-0.05, 0) is 105 Å². The first-order valence-corrected chi connectivity index (χ1v) is 26.0. The number of ether oxygens (including phenoxy) is 5. The number of methoxy groups -OCH3 is 2. The number of halogens is 2. The quantitative estimate of drug-likeness (QED) is 0.0723. The van der Waals surface area contributed by atoms with Gasteiger partial charge in [0.2, 0.25) is 5.88 Å². The highest BCUT2D eigenvalue weighted by Gasteiger charge is 2.44. The third kappa shape index (κ3) is 11.3. The van der Waals surface area contributed by atoms with Crippen molar-refractivity contribution < 1.29 is 37.5 Å².